The fourth-order valence-corrected chi connectivity index (χ4v) is 2.08. The smallest absolute Gasteiger partial charge is 0.422 e. The van der Waals surface area contributed by atoms with Gasteiger partial charge in [0.1, 0.15) is 0 Å². The molecule has 0 saturated heterocycles. The van der Waals surface area contributed by atoms with Crippen molar-refractivity contribution in [2.24, 2.45) is 4.99 Å². The molecule has 0 aliphatic heterocycles. The molecule has 0 aliphatic rings. The van der Waals surface area contributed by atoms with Gasteiger partial charge in [0.05, 0.1) is 7.11 Å². The second-order valence-corrected chi connectivity index (χ2v) is 5.72. The highest BCUT2D eigenvalue weighted by molar-refractivity contribution is 14.0. The quantitative estimate of drug-likeness (QED) is 0.252. The molecular formula is C15H23F3IN3O2S. The summed E-state index contributed by atoms with van der Waals surface area (Å²) in [5.41, 5.74) is 0.832. The summed E-state index contributed by atoms with van der Waals surface area (Å²) in [6.45, 7) is -0.115. The van der Waals surface area contributed by atoms with Gasteiger partial charge in [-0.05, 0) is 24.0 Å². The molecule has 0 unspecified atom stereocenters. The van der Waals surface area contributed by atoms with E-state index in [1.54, 1.807) is 30.9 Å². The molecule has 0 spiro atoms. The molecule has 1 aromatic rings. The molecule has 0 amide bonds. The summed E-state index contributed by atoms with van der Waals surface area (Å²) in [4.78, 5) is 4.10. The van der Waals surface area contributed by atoms with Gasteiger partial charge in [-0.2, -0.15) is 24.9 Å². The molecule has 1 aromatic carbocycles. The Hall–Kier alpha value is -1.04. The molecule has 144 valence electrons. The molecule has 25 heavy (non-hydrogen) atoms. The average molecular weight is 493 g/mol. The van der Waals surface area contributed by atoms with Crippen LogP contribution in [0.4, 0.5) is 13.2 Å². The first-order valence-electron chi connectivity index (χ1n) is 7.19. The van der Waals surface area contributed by atoms with Gasteiger partial charge >= 0.3 is 6.18 Å². The predicted molar refractivity (Wildman–Crippen MR) is 107 cm³/mol. The lowest BCUT2D eigenvalue weighted by Crippen LogP contribution is -2.37. The van der Waals surface area contributed by atoms with E-state index in [1.165, 1.54) is 13.2 Å². The Morgan fingerprint density at radius 2 is 1.96 bits per heavy atom. The van der Waals surface area contributed by atoms with Crippen molar-refractivity contribution in [3.63, 3.8) is 0 Å². The standard InChI is InChI=1S/C15H22F3N3O2S.HI/c1-19-14(20-6-7-24-3)21-9-11-4-5-12(13(8-11)22-2)23-10-15(16,17)18;/h4-5,8H,6-7,9-10H2,1-3H3,(H2,19,20,21);1H. The van der Waals surface area contributed by atoms with Crippen molar-refractivity contribution >= 4 is 41.7 Å². The molecule has 0 atom stereocenters. The van der Waals surface area contributed by atoms with E-state index in [0.29, 0.717) is 12.5 Å². The minimum atomic E-state index is -4.39. The first-order chi connectivity index (χ1) is 11.4. The van der Waals surface area contributed by atoms with Crippen LogP contribution in [0.2, 0.25) is 0 Å². The maximum absolute atomic E-state index is 12.2. The van der Waals surface area contributed by atoms with Crippen molar-refractivity contribution in [3.8, 4) is 11.5 Å². The van der Waals surface area contributed by atoms with Crippen LogP contribution in [-0.4, -0.2) is 51.5 Å². The minimum Gasteiger partial charge on any atom is -0.493 e. The maximum atomic E-state index is 12.2. The molecule has 0 fully saturated rings. The highest BCUT2D eigenvalue weighted by Crippen LogP contribution is 2.29. The number of hydrogen-bond acceptors (Lipinski definition) is 4. The van der Waals surface area contributed by atoms with Crippen molar-refractivity contribution < 1.29 is 22.6 Å². The van der Waals surface area contributed by atoms with Crippen LogP contribution in [0.5, 0.6) is 11.5 Å². The van der Waals surface area contributed by atoms with Crippen LogP contribution in [0, 0.1) is 0 Å². The van der Waals surface area contributed by atoms with Gasteiger partial charge in [-0.3, -0.25) is 4.99 Å². The van der Waals surface area contributed by atoms with Crippen LogP contribution in [0.25, 0.3) is 0 Å². The molecule has 1 rings (SSSR count). The number of aliphatic imine (C=N–C) groups is 1. The van der Waals surface area contributed by atoms with Crippen molar-refractivity contribution in [1.82, 2.24) is 10.6 Å². The largest absolute Gasteiger partial charge is 0.493 e. The van der Waals surface area contributed by atoms with Gasteiger partial charge in [0.2, 0.25) is 0 Å². The number of ether oxygens (including phenoxy) is 2. The Morgan fingerprint density at radius 3 is 2.52 bits per heavy atom. The van der Waals surface area contributed by atoms with Crippen LogP contribution in [0.1, 0.15) is 5.56 Å². The lowest BCUT2D eigenvalue weighted by molar-refractivity contribution is -0.153. The molecule has 0 heterocycles. The number of rotatable bonds is 8. The molecule has 0 bridgehead atoms. The van der Waals surface area contributed by atoms with Crippen LogP contribution < -0.4 is 20.1 Å². The van der Waals surface area contributed by atoms with Gasteiger partial charge in [0.25, 0.3) is 0 Å². The molecule has 5 nitrogen and oxygen atoms in total. The molecule has 10 heteroatoms. The van der Waals surface area contributed by atoms with Crippen molar-refractivity contribution in [3.05, 3.63) is 23.8 Å². The second-order valence-electron chi connectivity index (χ2n) is 4.73. The summed E-state index contributed by atoms with van der Waals surface area (Å²) in [5, 5.41) is 6.28. The topological polar surface area (TPSA) is 54.9 Å². The first-order valence-corrected chi connectivity index (χ1v) is 8.59. The predicted octanol–water partition coefficient (Wildman–Crippen LogP) is 3.28. The number of guanidine groups is 1. The Kier molecular flexibility index (Phi) is 11.8. The molecule has 0 radical (unpaired) electrons. The summed E-state index contributed by atoms with van der Waals surface area (Å²) in [5.74, 6) is 1.92. The fourth-order valence-electron chi connectivity index (χ4n) is 1.78. The van der Waals surface area contributed by atoms with Crippen molar-refractivity contribution in [2.75, 3.05) is 39.3 Å². The van der Waals surface area contributed by atoms with E-state index >= 15 is 0 Å². The zero-order valence-corrected chi connectivity index (χ0v) is 17.4. The maximum Gasteiger partial charge on any atom is 0.422 e. The monoisotopic (exact) mass is 493 g/mol. The average Bonchev–Trinajstić information content (AvgIpc) is 2.55. The van der Waals surface area contributed by atoms with Gasteiger partial charge in [-0.25, -0.2) is 0 Å². The van der Waals surface area contributed by atoms with E-state index in [-0.39, 0.29) is 35.5 Å². The summed E-state index contributed by atoms with van der Waals surface area (Å²) in [6, 6.07) is 4.77. The van der Waals surface area contributed by atoms with E-state index < -0.39 is 12.8 Å². The number of hydrogen-bond donors (Lipinski definition) is 2. The Labute approximate surface area is 167 Å². The Balaban J connectivity index is 0.00000576. The number of nitrogens with zero attached hydrogens (tertiary/aromatic N) is 1. The minimum absolute atomic E-state index is 0. The fraction of sp³-hybridized carbons (Fsp3) is 0.533. The lowest BCUT2D eigenvalue weighted by Gasteiger charge is -2.15. The number of halogens is 4. The first kappa shape index (κ1) is 24.0. The van der Waals surface area contributed by atoms with E-state index in [0.717, 1.165) is 17.9 Å². The molecule has 2 N–H and O–H groups in total. The second kappa shape index (κ2) is 12.3. The van der Waals surface area contributed by atoms with E-state index in [1.807, 2.05) is 6.26 Å². The Morgan fingerprint density at radius 1 is 1.24 bits per heavy atom. The SMILES string of the molecule is CN=C(NCCSC)NCc1ccc(OCC(F)(F)F)c(OC)c1.I. The molecule has 0 aromatic heterocycles. The van der Waals surface area contributed by atoms with Gasteiger partial charge in [-0.15, -0.1) is 24.0 Å². The van der Waals surface area contributed by atoms with Gasteiger partial charge in [0.15, 0.2) is 24.1 Å². The summed E-state index contributed by atoms with van der Waals surface area (Å²) < 4.78 is 46.6. The summed E-state index contributed by atoms with van der Waals surface area (Å²) in [7, 11) is 3.05. The molecular weight excluding hydrogens is 470 g/mol. The summed E-state index contributed by atoms with van der Waals surface area (Å²) in [6.07, 6.45) is -2.37. The number of thioether (sulfide) groups is 1. The van der Waals surface area contributed by atoms with Crippen LogP contribution >= 0.6 is 35.7 Å². The number of alkyl halides is 3. The van der Waals surface area contributed by atoms with E-state index in [2.05, 4.69) is 15.6 Å². The van der Waals surface area contributed by atoms with Crippen molar-refractivity contribution in [2.45, 2.75) is 12.7 Å². The highest BCUT2D eigenvalue weighted by Gasteiger charge is 2.29. The van der Waals surface area contributed by atoms with Gasteiger partial charge in [0, 0.05) is 25.9 Å². The molecule has 0 aliphatic carbocycles. The zero-order chi connectivity index (χ0) is 18.0. The lowest BCUT2D eigenvalue weighted by atomic mass is 10.2. The summed E-state index contributed by atoms with van der Waals surface area (Å²) >= 11 is 1.73. The zero-order valence-electron chi connectivity index (χ0n) is 14.3. The number of benzene rings is 1. The third-order valence-corrected chi connectivity index (χ3v) is 3.51. The van der Waals surface area contributed by atoms with Crippen LogP contribution in [0.15, 0.2) is 23.2 Å². The van der Waals surface area contributed by atoms with E-state index in [9.17, 15) is 13.2 Å². The number of nitrogens with one attached hydrogen (secondary N) is 2. The third-order valence-electron chi connectivity index (χ3n) is 2.90. The Bertz CT molecular complexity index is 545. The van der Waals surface area contributed by atoms with Crippen LogP contribution in [0.3, 0.4) is 0 Å². The highest BCUT2D eigenvalue weighted by atomic mass is 127. The third kappa shape index (κ3) is 9.88. The van der Waals surface area contributed by atoms with Crippen molar-refractivity contribution in [1.29, 1.82) is 0 Å². The van der Waals surface area contributed by atoms with Crippen LogP contribution in [-0.2, 0) is 6.54 Å². The van der Waals surface area contributed by atoms with E-state index in [4.69, 9.17) is 9.47 Å². The number of methoxy groups -OCH3 is 1. The normalized spacial score (nSPS) is 11.5. The van der Waals surface area contributed by atoms with Gasteiger partial charge in [-0.1, -0.05) is 6.07 Å². The molecule has 0 saturated carbocycles. The van der Waals surface area contributed by atoms with Gasteiger partial charge < -0.3 is 20.1 Å².